The first kappa shape index (κ1) is 16.7. The van der Waals surface area contributed by atoms with E-state index in [0.29, 0.717) is 31.7 Å². The maximum Gasteiger partial charge on any atom is 0.258 e. The molecule has 1 fully saturated rings. The Morgan fingerprint density at radius 3 is 2.68 bits per heavy atom. The van der Waals surface area contributed by atoms with Crippen molar-refractivity contribution in [3.05, 3.63) is 30.1 Å². The standard InChI is InChI=1S/C14H19FN2O4S/c1-22(19,20)17-7-5-12(6-8-17)16-14(18)10-21-13-4-2-3-11(15)9-13/h2-4,9,12H,5-8,10H2,1H3,(H,16,18). The van der Waals surface area contributed by atoms with E-state index in [1.807, 2.05) is 0 Å². The SMILES string of the molecule is CS(=O)(=O)N1CCC(NC(=O)COc2cccc(F)c2)CC1. The second-order valence-electron chi connectivity index (χ2n) is 5.25. The fourth-order valence-electron chi connectivity index (χ4n) is 2.31. The van der Waals surface area contributed by atoms with E-state index in [0.717, 1.165) is 0 Å². The first-order chi connectivity index (χ1) is 10.3. The summed E-state index contributed by atoms with van der Waals surface area (Å²) in [4.78, 5) is 11.8. The van der Waals surface area contributed by atoms with Gasteiger partial charge in [0.15, 0.2) is 6.61 Å². The summed E-state index contributed by atoms with van der Waals surface area (Å²) >= 11 is 0. The number of nitrogens with zero attached hydrogens (tertiary/aromatic N) is 1. The minimum atomic E-state index is -3.17. The van der Waals surface area contributed by atoms with E-state index in [9.17, 15) is 17.6 Å². The Morgan fingerprint density at radius 2 is 2.09 bits per heavy atom. The van der Waals surface area contributed by atoms with Gasteiger partial charge in [-0.3, -0.25) is 4.79 Å². The average Bonchev–Trinajstić information content (AvgIpc) is 2.45. The molecule has 0 spiro atoms. The number of piperidine rings is 1. The van der Waals surface area contributed by atoms with Gasteiger partial charge in [0, 0.05) is 25.2 Å². The van der Waals surface area contributed by atoms with Gasteiger partial charge in [-0.1, -0.05) is 6.07 Å². The summed E-state index contributed by atoms with van der Waals surface area (Å²) < 4.78 is 42.4. The van der Waals surface area contributed by atoms with Gasteiger partial charge in [0.2, 0.25) is 10.0 Å². The van der Waals surface area contributed by atoms with Crippen LogP contribution >= 0.6 is 0 Å². The Balaban J connectivity index is 1.74. The highest BCUT2D eigenvalue weighted by atomic mass is 32.2. The van der Waals surface area contributed by atoms with Crippen molar-refractivity contribution in [1.29, 1.82) is 0 Å². The number of carbonyl (C=O) groups is 1. The largest absolute Gasteiger partial charge is 0.484 e. The molecule has 6 nitrogen and oxygen atoms in total. The molecule has 1 aliphatic rings. The van der Waals surface area contributed by atoms with Crippen LogP contribution in [-0.2, 0) is 14.8 Å². The lowest BCUT2D eigenvalue weighted by Gasteiger charge is -2.30. The fraction of sp³-hybridized carbons (Fsp3) is 0.500. The Bertz CT molecular complexity index is 627. The van der Waals surface area contributed by atoms with Crippen molar-refractivity contribution >= 4 is 15.9 Å². The highest BCUT2D eigenvalue weighted by Gasteiger charge is 2.25. The summed E-state index contributed by atoms with van der Waals surface area (Å²) in [5, 5.41) is 2.80. The predicted octanol–water partition coefficient (Wildman–Crippen LogP) is 0.745. The topological polar surface area (TPSA) is 75.7 Å². The first-order valence-corrected chi connectivity index (χ1v) is 8.82. The van der Waals surface area contributed by atoms with Gasteiger partial charge in [0.05, 0.1) is 6.26 Å². The van der Waals surface area contributed by atoms with Crippen molar-refractivity contribution in [3.63, 3.8) is 0 Å². The molecule has 8 heteroatoms. The van der Waals surface area contributed by atoms with Crippen molar-refractivity contribution in [2.24, 2.45) is 0 Å². The Labute approximate surface area is 129 Å². The minimum absolute atomic E-state index is 0.0680. The minimum Gasteiger partial charge on any atom is -0.484 e. The molecule has 22 heavy (non-hydrogen) atoms. The zero-order valence-corrected chi connectivity index (χ0v) is 13.1. The second kappa shape index (κ2) is 7.06. The van der Waals surface area contributed by atoms with Crippen LogP contribution in [0.15, 0.2) is 24.3 Å². The number of benzene rings is 1. The molecule has 122 valence electrons. The molecule has 1 aromatic rings. The molecule has 2 rings (SSSR count). The monoisotopic (exact) mass is 330 g/mol. The number of halogens is 1. The molecule has 0 saturated carbocycles. The van der Waals surface area contributed by atoms with E-state index in [1.165, 1.54) is 28.8 Å². The smallest absolute Gasteiger partial charge is 0.258 e. The number of rotatable bonds is 5. The normalized spacial score (nSPS) is 17.2. The van der Waals surface area contributed by atoms with E-state index in [2.05, 4.69) is 5.32 Å². The van der Waals surface area contributed by atoms with E-state index in [-0.39, 0.29) is 18.6 Å². The lowest BCUT2D eigenvalue weighted by atomic mass is 10.1. The highest BCUT2D eigenvalue weighted by Crippen LogP contribution is 2.14. The molecule has 1 N–H and O–H groups in total. The van der Waals surface area contributed by atoms with Crippen LogP contribution in [0, 0.1) is 5.82 Å². The zero-order valence-electron chi connectivity index (χ0n) is 12.3. The van der Waals surface area contributed by atoms with Crippen LogP contribution in [0.1, 0.15) is 12.8 Å². The molecular weight excluding hydrogens is 311 g/mol. The van der Waals surface area contributed by atoms with Crippen molar-refractivity contribution in [1.82, 2.24) is 9.62 Å². The molecule has 0 radical (unpaired) electrons. The van der Waals surface area contributed by atoms with Crippen LogP contribution in [-0.4, -0.2) is 50.6 Å². The lowest BCUT2D eigenvalue weighted by Crippen LogP contribution is -2.47. The van der Waals surface area contributed by atoms with Crippen LogP contribution < -0.4 is 10.1 Å². The molecule has 0 atom stereocenters. The molecule has 0 aromatic heterocycles. The zero-order chi connectivity index (χ0) is 16.2. The summed E-state index contributed by atoms with van der Waals surface area (Å²) in [5.41, 5.74) is 0. The van der Waals surface area contributed by atoms with Gasteiger partial charge in [0.1, 0.15) is 11.6 Å². The van der Waals surface area contributed by atoms with Crippen molar-refractivity contribution in [3.8, 4) is 5.75 Å². The first-order valence-electron chi connectivity index (χ1n) is 6.97. The van der Waals surface area contributed by atoms with E-state index in [4.69, 9.17) is 4.74 Å². The number of ether oxygens (including phenoxy) is 1. The van der Waals surface area contributed by atoms with Gasteiger partial charge in [-0.15, -0.1) is 0 Å². The quantitative estimate of drug-likeness (QED) is 0.864. The molecule has 0 bridgehead atoms. The summed E-state index contributed by atoms with van der Waals surface area (Å²) in [7, 11) is -3.17. The van der Waals surface area contributed by atoms with Gasteiger partial charge >= 0.3 is 0 Å². The molecule has 0 unspecified atom stereocenters. The van der Waals surface area contributed by atoms with Crippen LogP contribution in [0.4, 0.5) is 4.39 Å². The van der Waals surface area contributed by atoms with Gasteiger partial charge in [0.25, 0.3) is 5.91 Å². The van der Waals surface area contributed by atoms with Crippen LogP contribution in [0.2, 0.25) is 0 Å². The van der Waals surface area contributed by atoms with Crippen molar-refractivity contribution in [2.75, 3.05) is 26.0 Å². The Hall–Kier alpha value is -1.67. The summed E-state index contributed by atoms with van der Waals surface area (Å²) in [6, 6.07) is 5.51. The van der Waals surface area contributed by atoms with Gasteiger partial charge in [-0.25, -0.2) is 17.1 Å². The van der Waals surface area contributed by atoms with Gasteiger partial charge < -0.3 is 10.1 Å². The number of amides is 1. The molecule has 1 heterocycles. The fourth-order valence-corrected chi connectivity index (χ4v) is 3.18. The van der Waals surface area contributed by atoms with Crippen LogP contribution in [0.5, 0.6) is 5.75 Å². The molecule has 1 aromatic carbocycles. The van der Waals surface area contributed by atoms with Gasteiger partial charge in [-0.2, -0.15) is 0 Å². The third kappa shape index (κ3) is 4.96. The Morgan fingerprint density at radius 1 is 1.41 bits per heavy atom. The number of hydrogen-bond donors (Lipinski definition) is 1. The predicted molar refractivity (Wildman–Crippen MR) is 79.5 cm³/mol. The number of nitrogens with one attached hydrogen (secondary N) is 1. The van der Waals surface area contributed by atoms with E-state index in [1.54, 1.807) is 6.07 Å². The second-order valence-corrected chi connectivity index (χ2v) is 7.23. The maximum atomic E-state index is 13.0. The highest BCUT2D eigenvalue weighted by molar-refractivity contribution is 7.88. The lowest BCUT2D eigenvalue weighted by molar-refractivity contribution is -0.124. The van der Waals surface area contributed by atoms with E-state index < -0.39 is 15.8 Å². The third-order valence-corrected chi connectivity index (χ3v) is 4.76. The van der Waals surface area contributed by atoms with E-state index >= 15 is 0 Å². The van der Waals surface area contributed by atoms with Crippen molar-refractivity contribution < 1.29 is 22.3 Å². The van der Waals surface area contributed by atoms with Gasteiger partial charge in [-0.05, 0) is 25.0 Å². The summed E-state index contributed by atoms with van der Waals surface area (Å²) in [6.45, 7) is 0.596. The van der Waals surface area contributed by atoms with Crippen LogP contribution in [0.25, 0.3) is 0 Å². The number of sulfonamides is 1. The number of hydrogen-bond acceptors (Lipinski definition) is 4. The molecule has 1 saturated heterocycles. The van der Waals surface area contributed by atoms with Crippen molar-refractivity contribution in [2.45, 2.75) is 18.9 Å². The summed E-state index contributed by atoms with van der Waals surface area (Å²) in [6.07, 6.45) is 2.32. The molecule has 1 amide bonds. The summed E-state index contributed by atoms with van der Waals surface area (Å²) in [5.74, 6) is -0.435. The average molecular weight is 330 g/mol. The van der Waals surface area contributed by atoms with Crippen LogP contribution in [0.3, 0.4) is 0 Å². The Kier molecular flexibility index (Phi) is 5.36. The third-order valence-electron chi connectivity index (χ3n) is 3.45. The number of carbonyl (C=O) groups excluding carboxylic acids is 1. The molecule has 1 aliphatic heterocycles. The molecular formula is C14H19FN2O4S. The maximum absolute atomic E-state index is 13.0. The molecule has 0 aliphatic carbocycles.